The second-order valence-corrected chi connectivity index (χ2v) is 7.36. The number of hydrogen-bond acceptors (Lipinski definition) is 5. The van der Waals surface area contributed by atoms with Crippen LogP contribution < -0.4 is 10.1 Å². The molecule has 1 fully saturated rings. The minimum atomic E-state index is -0.0642. The first kappa shape index (κ1) is 19.9. The van der Waals surface area contributed by atoms with Crippen molar-refractivity contribution in [2.24, 2.45) is 5.92 Å². The third-order valence-electron chi connectivity index (χ3n) is 4.41. The van der Waals surface area contributed by atoms with Crippen molar-refractivity contribution in [3.8, 4) is 17.1 Å². The fourth-order valence-corrected chi connectivity index (χ4v) is 2.70. The quantitative estimate of drug-likeness (QED) is 0.671. The average Bonchev–Trinajstić information content (AvgIpc) is 3.41. The van der Waals surface area contributed by atoms with E-state index in [2.05, 4.69) is 15.4 Å². The number of nitrogens with zero attached hydrogens (tertiary/aromatic N) is 3. The number of hydrogen-bond donors (Lipinski definition) is 1. The van der Waals surface area contributed by atoms with Gasteiger partial charge in [0.1, 0.15) is 23.9 Å². The van der Waals surface area contributed by atoms with Crippen LogP contribution in [0.15, 0.2) is 30.0 Å². The highest BCUT2D eigenvalue weighted by molar-refractivity contribution is 5.73. The predicted molar refractivity (Wildman–Crippen MR) is 108 cm³/mol. The molecule has 0 saturated heterocycles. The van der Waals surface area contributed by atoms with Crippen LogP contribution in [0, 0.1) is 12.8 Å². The normalized spacial score (nSPS) is 15.2. The second kappa shape index (κ2) is 8.91. The molecule has 1 atom stereocenters. The molecule has 2 aromatic rings. The molecule has 0 aliphatic heterocycles. The summed E-state index contributed by atoms with van der Waals surface area (Å²) in [7, 11) is 0. The Morgan fingerprint density at radius 3 is 2.68 bits per heavy atom. The van der Waals surface area contributed by atoms with Crippen LogP contribution in [0.4, 0.5) is 0 Å². The lowest BCUT2D eigenvalue weighted by molar-refractivity contribution is -0.119. The van der Waals surface area contributed by atoms with Crippen LogP contribution in [0.25, 0.3) is 17.6 Å². The molecular formula is C21H28N4O3. The molecule has 0 radical (unpaired) electrons. The zero-order valence-electron chi connectivity index (χ0n) is 16.9. The lowest BCUT2D eigenvalue weighted by Gasteiger charge is -2.13. The molecule has 1 amide bonds. The Kier molecular flexibility index (Phi) is 6.34. The minimum Gasteiger partial charge on any atom is -0.496 e. The molecule has 3 rings (SSSR count). The highest BCUT2D eigenvalue weighted by Gasteiger charge is 2.21. The van der Waals surface area contributed by atoms with E-state index in [9.17, 15) is 4.79 Å². The van der Waals surface area contributed by atoms with Gasteiger partial charge in [-0.1, -0.05) is 0 Å². The first-order valence-electron chi connectivity index (χ1n) is 9.65. The van der Waals surface area contributed by atoms with Crippen molar-refractivity contribution in [3.63, 3.8) is 0 Å². The van der Waals surface area contributed by atoms with Gasteiger partial charge >= 0.3 is 0 Å². The number of benzene rings is 1. The van der Waals surface area contributed by atoms with Gasteiger partial charge in [-0.3, -0.25) is 4.79 Å². The zero-order chi connectivity index (χ0) is 20.1. The van der Waals surface area contributed by atoms with E-state index in [0.29, 0.717) is 12.4 Å². The fraction of sp³-hybridized carbons (Fsp3) is 0.476. The fourth-order valence-electron chi connectivity index (χ4n) is 2.70. The lowest BCUT2D eigenvalue weighted by atomic mass is 10.2. The Balaban J connectivity index is 1.60. The largest absolute Gasteiger partial charge is 0.496 e. The summed E-state index contributed by atoms with van der Waals surface area (Å²) in [5.41, 5.74) is 0.911. The van der Waals surface area contributed by atoms with E-state index in [1.165, 1.54) is 19.8 Å². The topological polar surface area (TPSA) is 78.3 Å². The molecule has 1 aromatic heterocycles. The first-order chi connectivity index (χ1) is 13.4. The van der Waals surface area contributed by atoms with Gasteiger partial charge in [-0.2, -0.15) is 0 Å². The molecule has 1 heterocycles. The van der Waals surface area contributed by atoms with E-state index in [0.717, 1.165) is 35.4 Å². The zero-order valence-corrected chi connectivity index (χ0v) is 16.9. The van der Waals surface area contributed by atoms with Crippen LogP contribution >= 0.6 is 0 Å². The summed E-state index contributed by atoms with van der Waals surface area (Å²) < 4.78 is 13.2. The van der Waals surface area contributed by atoms with Crippen molar-refractivity contribution in [2.75, 3.05) is 13.2 Å². The Bertz CT molecular complexity index is 838. The number of ether oxygens (including phenoxy) is 2. The van der Waals surface area contributed by atoms with E-state index in [-0.39, 0.29) is 11.9 Å². The lowest BCUT2D eigenvalue weighted by Crippen LogP contribution is -2.35. The molecule has 7 heteroatoms. The molecule has 1 saturated carbocycles. The maximum Gasteiger partial charge on any atom is 0.217 e. The summed E-state index contributed by atoms with van der Waals surface area (Å²) in [6.07, 6.45) is 4.41. The summed E-state index contributed by atoms with van der Waals surface area (Å²) >= 11 is 0. The molecule has 150 valence electrons. The predicted octanol–water partition coefficient (Wildman–Crippen LogP) is 3.40. The number of aromatic nitrogens is 3. The van der Waals surface area contributed by atoms with Gasteiger partial charge in [0.15, 0.2) is 5.82 Å². The number of aryl methyl sites for hydroxylation is 1. The average molecular weight is 384 g/mol. The molecule has 0 bridgehead atoms. The summed E-state index contributed by atoms with van der Waals surface area (Å²) in [5.74, 6) is 3.68. The van der Waals surface area contributed by atoms with Crippen molar-refractivity contribution in [2.45, 2.75) is 46.6 Å². The molecular weight excluding hydrogens is 356 g/mol. The second-order valence-electron chi connectivity index (χ2n) is 7.36. The third-order valence-corrected chi connectivity index (χ3v) is 4.41. The van der Waals surface area contributed by atoms with Crippen molar-refractivity contribution >= 4 is 12.1 Å². The Hall–Kier alpha value is -2.83. The van der Waals surface area contributed by atoms with E-state index < -0.39 is 0 Å². The Morgan fingerprint density at radius 1 is 1.32 bits per heavy atom. The van der Waals surface area contributed by atoms with Gasteiger partial charge in [-0.25, -0.2) is 9.67 Å². The number of carbonyl (C=O) groups excluding carboxylic acids is 1. The molecule has 28 heavy (non-hydrogen) atoms. The number of carbonyl (C=O) groups is 1. The Morgan fingerprint density at radius 2 is 2.04 bits per heavy atom. The van der Waals surface area contributed by atoms with Crippen LogP contribution in [0.1, 0.15) is 39.4 Å². The monoisotopic (exact) mass is 384 g/mol. The highest BCUT2D eigenvalue weighted by atomic mass is 16.5. The molecule has 0 unspecified atom stereocenters. The van der Waals surface area contributed by atoms with Crippen LogP contribution in [0.3, 0.4) is 0 Å². The number of rotatable bonds is 9. The van der Waals surface area contributed by atoms with Gasteiger partial charge in [0, 0.05) is 12.5 Å². The van der Waals surface area contributed by atoms with E-state index >= 15 is 0 Å². The summed E-state index contributed by atoms with van der Waals surface area (Å²) in [6, 6.07) is 7.57. The number of allylic oxidation sites excluding steroid dienone is 1. The highest BCUT2D eigenvalue weighted by Crippen LogP contribution is 2.29. The van der Waals surface area contributed by atoms with Crippen molar-refractivity contribution in [1.82, 2.24) is 20.1 Å². The van der Waals surface area contributed by atoms with Crippen molar-refractivity contribution in [1.29, 1.82) is 0 Å². The molecule has 1 aliphatic rings. The van der Waals surface area contributed by atoms with Crippen LogP contribution in [0.2, 0.25) is 0 Å². The summed E-state index contributed by atoms with van der Waals surface area (Å²) in [4.78, 5) is 15.6. The van der Waals surface area contributed by atoms with E-state index in [1.807, 2.05) is 51.2 Å². The van der Waals surface area contributed by atoms with Gasteiger partial charge in [-0.15, -0.1) is 5.10 Å². The van der Waals surface area contributed by atoms with Crippen LogP contribution in [0.5, 0.6) is 5.75 Å². The number of amides is 1. The van der Waals surface area contributed by atoms with Crippen molar-refractivity contribution < 1.29 is 14.3 Å². The van der Waals surface area contributed by atoms with E-state index in [1.54, 1.807) is 4.68 Å². The molecule has 0 spiro atoms. The van der Waals surface area contributed by atoms with Gasteiger partial charge in [0.05, 0.1) is 18.8 Å². The van der Waals surface area contributed by atoms with Crippen LogP contribution in [-0.2, 0) is 9.53 Å². The summed E-state index contributed by atoms with van der Waals surface area (Å²) in [6.45, 7) is 8.45. The molecule has 1 N–H and O–H groups in total. The van der Waals surface area contributed by atoms with Crippen LogP contribution in [-0.4, -0.2) is 39.9 Å². The van der Waals surface area contributed by atoms with Gasteiger partial charge < -0.3 is 14.8 Å². The van der Waals surface area contributed by atoms with Crippen molar-refractivity contribution in [3.05, 3.63) is 35.8 Å². The van der Waals surface area contributed by atoms with E-state index in [4.69, 9.17) is 9.47 Å². The number of nitrogens with one attached hydrogen (secondary N) is 1. The maximum absolute atomic E-state index is 11.0. The molecule has 1 aliphatic carbocycles. The molecule has 1 aromatic carbocycles. The van der Waals surface area contributed by atoms with Gasteiger partial charge in [-0.05, 0) is 63.8 Å². The smallest absolute Gasteiger partial charge is 0.217 e. The molecule has 7 nitrogen and oxygen atoms in total. The standard InChI is InChI=1S/C21H28N4O3/c1-14(22-17(4)26)12-28-20-9-7-19(8-10-20)21-23-16(3)25(24-21)11-15(2)27-13-18-5-6-18/h7-11,14,18H,5-6,12-13H2,1-4H3,(H,22,26)/b15-11+/t14-/m0/s1. The Labute approximate surface area is 165 Å². The first-order valence-corrected chi connectivity index (χ1v) is 9.65. The maximum atomic E-state index is 11.0. The van der Waals surface area contributed by atoms with Gasteiger partial charge in [0.25, 0.3) is 0 Å². The third kappa shape index (κ3) is 5.84. The SMILES string of the molecule is CC(=O)N[C@@H](C)COc1ccc(-c2nc(C)n(/C=C(\C)OCC3CC3)n2)cc1. The summed E-state index contributed by atoms with van der Waals surface area (Å²) in [5, 5.41) is 7.35. The minimum absolute atomic E-state index is 0.0469. The van der Waals surface area contributed by atoms with Gasteiger partial charge in [0.2, 0.25) is 5.91 Å².